The van der Waals surface area contributed by atoms with Crippen LogP contribution in [0.2, 0.25) is 0 Å². The van der Waals surface area contributed by atoms with Crippen molar-refractivity contribution in [2.75, 3.05) is 0 Å². The Labute approximate surface area is 155 Å². The molecule has 0 fully saturated rings. The molecule has 1 aromatic rings. The van der Waals surface area contributed by atoms with E-state index >= 15 is 0 Å². The van der Waals surface area contributed by atoms with E-state index in [0.29, 0.717) is 0 Å². The third-order valence-electron chi connectivity index (χ3n) is 4.31. The molecule has 26 heavy (non-hydrogen) atoms. The molecule has 0 aliphatic heterocycles. The zero-order valence-corrected chi connectivity index (χ0v) is 16.3. The summed E-state index contributed by atoms with van der Waals surface area (Å²) in [4.78, 5) is 44.5. The number of aldehydes is 1. The lowest BCUT2D eigenvalue weighted by molar-refractivity contribution is -0.128. The van der Waals surface area contributed by atoms with Gasteiger partial charge in [-0.3, -0.25) is 14.6 Å². The van der Waals surface area contributed by atoms with Gasteiger partial charge in [-0.1, -0.05) is 47.5 Å². The Morgan fingerprint density at radius 2 is 1.92 bits per heavy atom. The number of nitrogens with one attached hydrogen (secondary N) is 2. The summed E-state index contributed by atoms with van der Waals surface area (Å²) in [6.07, 6.45) is 7.71. The van der Waals surface area contributed by atoms with Crippen LogP contribution in [0, 0.1) is 11.3 Å². The largest absolute Gasteiger partial charge is 0.344 e. The lowest BCUT2D eigenvalue weighted by atomic mass is 9.87. The summed E-state index contributed by atoms with van der Waals surface area (Å²) >= 11 is 0. The van der Waals surface area contributed by atoms with Gasteiger partial charge in [-0.2, -0.15) is 0 Å². The molecule has 144 valence electrons. The van der Waals surface area contributed by atoms with Gasteiger partial charge in [0.15, 0.2) is 0 Å². The van der Waals surface area contributed by atoms with Gasteiger partial charge >= 0.3 is 0 Å². The first-order valence-corrected chi connectivity index (χ1v) is 9.03. The van der Waals surface area contributed by atoms with E-state index in [0.717, 1.165) is 25.5 Å². The summed E-state index contributed by atoms with van der Waals surface area (Å²) in [7, 11) is 0. The smallest absolute Gasteiger partial charge is 0.272 e. The van der Waals surface area contributed by atoms with E-state index in [2.05, 4.69) is 27.5 Å². The summed E-state index contributed by atoms with van der Waals surface area (Å²) in [5.74, 6) is -0.902. The molecule has 1 aromatic heterocycles. The first kappa shape index (κ1) is 21.7. The van der Waals surface area contributed by atoms with Crippen LogP contribution in [0.3, 0.4) is 0 Å². The van der Waals surface area contributed by atoms with E-state index in [1.54, 1.807) is 0 Å². The molecule has 7 nitrogen and oxygen atoms in total. The second-order valence-corrected chi connectivity index (χ2v) is 7.65. The average Bonchev–Trinajstić information content (AvgIpc) is 2.61. The molecule has 0 bridgehead atoms. The molecule has 0 saturated heterocycles. The number of hydrogen-bond acceptors (Lipinski definition) is 5. The van der Waals surface area contributed by atoms with E-state index in [4.69, 9.17) is 0 Å². The van der Waals surface area contributed by atoms with Gasteiger partial charge < -0.3 is 15.4 Å². The van der Waals surface area contributed by atoms with Gasteiger partial charge in [-0.15, -0.1) is 0 Å². The first-order valence-electron chi connectivity index (χ1n) is 9.03. The number of amides is 2. The van der Waals surface area contributed by atoms with Crippen LogP contribution >= 0.6 is 0 Å². The minimum atomic E-state index is -0.749. The van der Waals surface area contributed by atoms with Crippen LogP contribution in [-0.4, -0.2) is 40.2 Å². The van der Waals surface area contributed by atoms with E-state index in [9.17, 15) is 14.4 Å². The maximum Gasteiger partial charge on any atom is 0.272 e. The molecule has 0 saturated carbocycles. The Bertz CT molecular complexity index is 599. The third kappa shape index (κ3) is 6.54. The van der Waals surface area contributed by atoms with Crippen molar-refractivity contribution in [3.63, 3.8) is 0 Å². The minimum absolute atomic E-state index is 0.0807. The summed E-state index contributed by atoms with van der Waals surface area (Å²) in [5.41, 5.74) is -0.264. The number of nitrogens with zero attached hydrogens (tertiary/aromatic N) is 2. The highest BCUT2D eigenvalue weighted by Gasteiger charge is 2.32. The summed E-state index contributed by atoms with van der Waals surface area (Å²) < 4.78 is 0. The van der Waals surface area contributed by atoms with Gasteiger partial charge in [-0.25, -0.2) is 4.98 Å². The fourth-order valence-electron chi connectivity index (χ4n) is 2.49. The number of unbranched alkanes of at least 4 members (excludes halogenated alkanes) is 1. The van der Waals surface area contributed by atoms with Crippen molar-refractivity contribution >= 4 is 18.1 Å². The maximum absolute atomic E-state index is 12.8. The Hall–Kier alpha value is -2.31. The molecule has 0 spiro atoms. The molecule has 0 aromatic carbocycles. The molecule has 0 radical (unpaired) electrons. The second-order valence-electron chi connectivity index (χ2n) is 7.65. The number of aromatic nitrogens is 2. The Morgan fingerprint density at radius 3 is 2.42 bits per heavy atom. The van der Waals surface area contributed by atoms with Crippen LogP contribution in [0.25, 0.3) is 0 Å². The lowest BCUT2D eigenvalue weighted by Crippen LogP contribution is -2.55. The van der Waals surface area contributed by atoms with Crippen molar-refractivity contribution in [1.82, 2.24) is 20.6 Å². The van der Waals surface area contributed by atoms with Crippen LogP contribution < -0.4 is 10.6 Å². The monoisotopic (exact) mass is 362 g/mol. The highest BCUT2D eigenvalue weighted by Crippen LogP contribution is 2.19. The van der Waals surface area contributed by atoms with Crippen molar-refractivity contribution in [2.24, 2.45) is 11.3 Å². The predicted octanol–water partition coefficient (Wildman–Crippen LogP) is 2.13. The molecule has 2 N–H and O–H groups in total. The molecular weight excluding hydrogens is 332 g/mol. The van der Waals surface area contributed by atoms with E-state index in [1.807, 2.05) is 27.7 Å². The quantitative estimate of drug-likeness (QED) is 0.655. The molecule has 0 aliphatic carbocycles. The van der Waals surface area contributed by atoms with Gasteiger partial charge in [0, 0.05) is 12.4 Å². The Balaban J connectivity index is 2.95. The Kier molecular flexibility index (Phi) is 8.35. The predicted molar refractivity (Wildman–Crippen MR) is 99.4 cm³/mol. The van der Waals surface area contributed by atoms with Gasteiger partial charge in [0.25, 0.3) is 5.91 Å². The van der Waals surface area contributed by atoms with Crippen molar-refractivity contribution in [2.45, 2.75) is 66.0 Å². The fraction of sp³-hybridized carbons (Fsp3) is 0.632. The van der Waals surface area contributed by atoms with Crippen LogP contribution in [0.1, 0.15) is 64.4 Å². The molecular formula is C19H30N4O3. The van der Waals surface area contributed by atoms with Crippen molar-refractivity contribution < 1.29 is 14.4 Å². The standard InChI is InChI=1S/C19H30N4O3/c1-6-7-8-13(2)16(18(26)22-15(12-24)19(3,4)5)23-17(25)14-11-20-9-10-21-14/h9-13,15-16H,6-8H2,1-5H3,(H,22,26)(H,23,25)/t13?,15-,16?/m1/s1. The summed E-state index contributed by atoms with van der Waals surface area (Å²) in [6.45, 7) is 9.62. The summed E-state index contributed by atoms with van der Waals surface area (Å²) in [5, 5.41) is 5.52. The van der Waals surface area contributed by atoms with E-state index in [1.165, 1.54) is 18.6 Å². The second kappa shape index (κ2) is 9.99. The lowest BCUT2D eigenvalue weighted by Gasteiger charge is -2.30. The SMILES string of the molecule is CCCCC(C)C(NC(=O)c1cnccn1)C(=O)N[C@H](C=O)C(C)(C)C. The Morgan fingerprint density at radius 1 is 1.23 bits per heavy atom. The van der Waals surface area contributed by atoms with Crippen molar-refractivity contribution in [3.8, 4) is 0 Å². The first-order chi connectivity index (χ1) is 12.2. The van der Waals surface area contributed by atoms with Crippen LogP contribution in [0.15, 0.2) is 18.6 Å². The third-order valence-corrected chi connectivity index (χ3v) is 4.31. The van der Waals surface area contributed by atoms with Crippen LogP contribution in [-0.2, 0) is 9.59 Å². The van der Waals surface area contributed by atoms with Crippen LogP contribution in [0.4, 0.5) is 0 Å². The highest BCUT2D eigenvalue weighted by molar-refractivity contribution is 5.96. The highest BCUT2D eigenvalue weighted by atomic mass is 16.2. The zero-order valence-electron chi connectivity index (χ0n) is 16.3. The topological polar surface area (TPSA) is 101 Å². The van der Waals surface area contributed by atoms with Gasteiger partial charge in [0.1, 0.15) is 18.0 Å². The average molecular weight is 362 g/mol. The van der Waals surface area contributed by atoms with Crippen molar-refractivity contribution in [1.29, 1.82) is 0 Å². The molecule has 2 amide bonds. The molecule has 1 rings (SSSR count). The van der Waals surface area contributed by atoms with Crippen LogP contribution in [0.5, 0.6) is 0 Å². The van der Waals surface area contributed by atoms with E-state index in [-0.39, 0.29) is 17.5 Å². The normalized spacial score (nSPS) is 14.8. The molecule has 2 unspecified atom stereocenters. The number of carbonyl (C=O) groups excluding carboxylic acids is 3. The van der Waals surface area contributed by atoms with Gasteiger partial charge in [0.2, 0.25) is 5.91 Å². The summed E-state index contributed by atoms with van der Waals surface area (Å²) in [6, 6.07) is -1.38. The molecule has 7 heteroatoms. The fourth-order valence-corrected chi connectivity index (χ4v) is 2.49. The number of rotatable bonds is 9. The molecule has 0 aliphatic rings. The molecule has 1 heterocycles. The van der Waals surface area contributed by atoms with Gasteiger partial charge in [0.05, 0.1) is 12.2 Å². The number of hydrogen-bond donors (Lipinski definition) is 2. The van der Waals surface area contributed by atoms with Gasteiger partial charge in [-0.05, 0) is 17.8 Å². The minimum Gasteiger partial charge on any atom is -0.344 e. The van der Waals surface area contributed by atoms with Crippen molar-refractivity contribution in [3.05, 3.63) is 24.3 Å². The van der Waals surface area contributed by atoms with E-state index < -0.39 is 23.4 Å². The molecule has 3 atom stereocenters. The zero-order chi connectivity index (χ0) is 19.7. The maximum atomic E-state index is 12.8. The number of carbonyl (C=O) groups is 3.